The highest BCUT2D eigenvalue weighted by atomic mass is 16.6. The molecule has 154 valence electrons. The number of benzene rings is 3. The zero-order valence-electron chi connectivity index (χ0n) is 17.0. The van der Waals surface area contributed by atoms with Gasteiger partial charge in [-0.15, -0.1) is 0 Å². The fraction of sp³-hybridized carbons (Fsp3) is 0.120. The summed E-state index contributed by atoms with van der Waals surface area (Å²) in [6.07, 6.45) is 0.244. The number of nitro benzene ring substituents is 1. The summed E-state index contributed by atoms with van der Waals surface area (Å²) in [5.41, 5.74) is 4.20. The molecule has 0 atom stereocenters. The topological polar surface area (TPSA) is 90.4 Å². The Balaban J connectivity index is 1.76. The lowest BCUT2D eigenvalue weighted by Gasteiger charge is -2.10. The van der Waals surface area contributed by atoms with E-state index in [4.69, 9.17) is 4.42 Å². The molecule has 0 aliphatic heterocycles. The van der Waals surface area contributed by atoms with Crippen molar-refractivity contribution in [3.8, 4) is 11.1 Å². The van der Waals surface area contributed by atoms with Crippen molar-refractivity contribution in [3.05, 3.63) is 110 Å². The van der Waals surface area contributed by atoms with Crippen LogP contribution in [-0.4, -0.2) is 10.7 Å². The molecule has 0 amide bonds. The summed E-state index contributed by atoms with van der Waals surface area (Å²) in [6, 6.07) is 19.1. The number of aryl methyl sites for hydroxylation is 1. The van der Waals surface area contributed by atoms with Crippen LogP contribution < -0.4 is 5.63 Å². The Morgan fingerprint density at radius 3 is 2.48 bits per heavy atom. The molecular formula is C25H19NO5. The monoisotopic (exact) mass is 413 g/mol. The van der Waals surface area contributed by atoms with Gasteiger partial charge in [0, 0.05) is 35.1 Å². The van der Waals surface area contributed by atoms with E-state index >= 15 is 0 Å². The Bertz CT molecular complexity index is 1400. The summed E-state index contributed by atoms with van der Waals surface area (Å²) in [5, 5.41) is 11.8. The molecule has 0 N–H and O–H groups in total. The van der Waals surface area contributed by atoms with Gasteiger partial charge in [0.2, 0.25) is 0 Å². The molecule has 0 saturated carbocycles. The summed E-state index contributed by atoms with van der Waals surface area (Å²) < 4.78 is 5.61. The second kappa shape index (κ2) is 7.99. The maximum atomic E-state index is 12.7. The van der Waals surface area contributed by atoms with Crippen LogP contribution in [0.3, 0.4) is 0 Å². The standard InChI is InChI=1S/C25H19NO5/c1-15-22-10-9-20(19-7-4-6-18(13-19)16(2)27)14-24(22)31-25(28)23(15)12-17-5-3-8-21(11-17)26(29)30/h3-11,13-14H,12H2,1-2H3. The van der Waals surface area contributed by atoms with Crippen LogP contribution in [0.5, 0.6) is 0 Å². The number of carbonyl (C=O) groups excluding carboxylic acids is 1. The number of hydrogen-bond acceptors (Lipinski definition) is 5. The second-order valence-corrected chi connectivity index (χ2v) is 7.44. The Kier molecular flexibility index (Phi) is 5.21. The summed E-state index contributed by atoms with van der Waals surface area (Å²) >= 11 is 0. The first-order valence-electron chi connectivity index (χ1n) is 9.74. The number of hydrogen-bond donors (Lipinski definition) is 0. The first-order chi connectivity index (χ1) is 14.8. The average molecular weight is 413 g/mol. The Morgan fingerprint density at radius 1 is 1.00 bits per heavy atom. The molecule has 3 aromatic carbocycles. The number of non-ortho nitro benzene ring substituents is 1. The summed E-state index contributed by atoms with van der Waals surface area (Å²) in [6.45, 7) is 3.37. The fourth-order valence-corrected chi connectivity index (χ4v) is 3.68. The molecule has 0 aliphatic carbocycles. The lowest BCUT2D eigenvalue weighted by molar-refractivity contribution is -0.384. The molecule has 0 saturated heterocycles. The highest BCUT2D eigenvalue weighted by Crippen LogP contribution is 2.28. The summed E-state index contributed by atoms with van der Waals surface area (Å²) in [5.74, 6) is -0.0178. The summed E-state index contributed by atoms with van der Waals surface area (Å²) in [4.78, 5) is 35.0. The van der Waals surface area contributed by atoms with Gasteiger partial charge >= 0.3 is 5.63 Å². The van der Waals surface area contributed by atoms with Crippen molar-refractivity contribution in [3.63, 3.8) is 0 Å². The van der Waals surface area contributed by atoms with Crippen LogP contribution >= 0.6 is 0 Å². The van der Waals surface area contributed by atoms with Crippen molar-refractivity contribution in [2.45, 2.75) is 20.3 Å². The van der Waals surface area contributed by atoms with Crippen molar-refractivity contribution in [2.24, 2.45) is 0 Å². The second-order valence-electron chi connectivity index (χ2n) is 7.44. The lowest BCUT2D eigenvalue weighted by atomic mass is 9.97. The predicted molar refractivity (Wildman–Crippen MR) is 119 cm³/mol. The molecule has 0 radical (unpaired) electrons. The van der Waals surface area contributed by atoms with Crippen LogP contribution in [0.15, 0.2) is 75.9 Å². The number of Topliss-reactive ketones (excluding diaryl/α,β-unsaturated/α-hetero) is 1. The number of nitro groups is 1. The molecular weight excluding hydrogens is 394 g/mol. The Hall–Kier alpha value is -4.06. The first-order valence-corrected chi connectivity index (χ1v) is 9.74. The van der Waals surface area contributed by atoms with Crippen LogP contribution in [0.2, 0.25) is 0 Å². The number of rotatable bonds is 5. The Morgan fingerprint density at radius 2 is 1.74 bits per heavy atom. The van der Waals surface area contributed by atoms with Crippen LogP contribution in [0.4, 0.5) is 5.69 Å². The van der Waals surface area contributed by atoms with Gasteiger partial charge < -0.3 is 4.42 Å². The number of ketones is 1. The molecule has 1 aromatic heterocycles. The lowest BCUT2D eigenvalue weighted by Crippen LogP contribution is -2.11. The molecule has 0 spiro atoms. The minimum Gasteiger partial charge on any atom is -0.422 e. The van der Waals surface area contributed by atoms with E-state index in [1.807, 2.05) is 37.3 Å². The molecule has 4 rings (SSSR count). The minimum atomic E-state index is -0.467. The van der Waals surface area contributed by atoms with Gasteiger partial charge in [-0.1, -0.05) is 42.5 Å². The van der Waals surface area contributed by atoms with Gasteiger partial charge in [-0.05, 0) is 48.2 Å². The van der Waals surface area contributed by atoms with Gasteiger partial charge in [0.1, 0.15) is 5.58 Å². The molecule has 1 heterocycles. The third-order valence-electron chi connectivity index (χ3n) is 5.39. The number of carbonyl (C=O) groups is 1. The van der Waals surface area contributed by atoms with E-state index in [-0.39, 0.29) is 17.9 Å². The maximum Gasteiger partial charge on any atom is 0.340 e. The van der Waals surface area contributed by atoms with Crippen LogP contribution in [-0.2, 0) is 6.42 Å². The fourth-order valence-electron chi connectivity index (χ4n) is 3.68. The highest BCUT2D eigenvalue weighted by Gasteiger charge is 2.15. The van der Waals surface area contributed by atoms with E-state index in [1.54, 1.807) is 24.3 Å². The van der Waals surface area contributed by atoms with Gasteiger partial charge in [-0.2, -0.15) is 0 Å². The Labute approximate surface area is 177 Å². The van der Waals surface area contributed by atoms with Crippen molar-refractivity contribution in [1.82, 2.24) is 0 Å². The van der Waals surface area contributed by atoms with Crippen molar-refractivity contribution in [1.29, 1.82) is 0 Å². The van der Waals surface area contributed by atoms with Gasteiger partial charge in [0.05, 0.1) is 4.92 Å². The highest BCUT2D eigenvalue weighted by molar-refractivity contribution is 5.95. The van der Waals surface area contributed by atoms with Crippen molar-refractivity contribution < 1.29 is 14.1 Å². The van der Waals surface area contributed by atoms with E-state index in [1.165, 1.54) is 19.1 Å². The SMILES string of the molecule is CC(=O)c1cccc(-c2ccc3c(C)c(Cc4cccc([N+](=O)[O-])c4)c(=O)oc3c2)c1. The quantitative estimate of drug-likeness (QED) is 0.187. The van der Waals surface area contributed by atoms with E-state index in [2.05, 4.69) is 0 Å². The largest absolute Gasteiger partial charge is 0.422 e. The number of nitrogens with zero attached hydrogens (tertiary/aromatic N) is 1. The van der Waals surface area contributed by atoms with E-state index < -0.39 is 10.5 Å². The molecule has 4 aromatic rings. The van der Waals surface area contributed by atoms with Gasteiger partial charge in [-0.3, -0.25) is 14.9 Å². The van der Waals surface area contributed by atoms with Crippen LogP contribution in [0, 0.1) is 17.0 Å². The van der Waals surface area contributed by atoms with E-state index in [0.29, 0.717) is 22.3 Å². The van der Waals surface area contributed by atoms with Crippen molar-refractivity contribution >= 4 is 22.4 Å². The van der Waals surface area contributed by atoms with E-state index in [0.717, 1.165) is 22.1 Å². The average Bonchev–Trinajstić information content (AvgIpc) is 2.76. The first kappa shape index (κ1) is 20.2. The normalized spacial score (nSPS) is 10.9. The molecule has 0 fully saturated rings. The van der Waals surface area contributed by atoms with Crippen LogP contribution in [0.25, 0.3) is 22.1 Å². The van der Waals surface area contributed by atoms with Crippen molar-refractivity contribution in [2.75, 3.05) is 0 Å². The van der Waals surface area contributed by atoms with Gasteiger partial charge in [0.25, 0.3) is 5.69 Å². The third-order valence-corrected chi connectivity index (χ3v) is 5.39. The zero-order valence-corrected chi connectivity index (χ0v) is 17.0. The van der Waals surface area contributed by atoms with Crippen LogP contribution in [0.1, 0.15) is 34.0 Å². The molecule has 6 nitrogen and oxygen atoms in total. The third kappa shape index (κ3) is 4.00. The predicted octanol–water partition coefficient (Wildman–Crippen LogP) is 5.47. The zero-order chi connectivity index (χ0) is 22.1. The molecule has 31 heavy (non-hydrogen) atoms. The molecule has 0 bridgehead atoms. The smallest absolute Gasteiger partial charge is 0.340 e. The van der Waals surface area contributed by atoms with E-state index in [9.17, 15) is 19.7 Å². The maximum absolute atomic E-state index is 12.7. The minimum absolute atomic E-state index is 0.0160. The molecule has 6 heteroatoms. The summed E-state index contributed by atoms with van der Waals surface area (Å²) in [7, 11) is 0. The molecule has 0 aliphatic rings. The van der Waals surface area contributed by atoms with Gasteiger partial charge in [0.15, 0.2) is 5.78 Å². The number of fused-ring (bicyclic) bond motifs is 1. The molecule has 0 unspecified atom stereocenters. The van der Waals surface area contributed by atoms with Gasteiger partial charge in [-0.25, -0.2) is 4.79 Å².